The molecule has 0 atom stereocenters. The third kappa shape index (κ3) is 3.11. The Balaban J connectivity index is 2.23. The van der Waals surface area contributed by atoms with Gasteiger partial charge >= 0.3 is 5.69 Å². The normalized spacial score (nSPS) is 10.4. The van der Waals surface area contributed by atoms with E-state index in [9.17, 15) is 9.59 Å². The second-order valence-electron chi connectivity index (χ2n) is 4.03. The van der Waals surface area contributed by atoms with Crippen molar-refractivity contribution in [3.8, 4) is 0 Å². The molecule has 0 fully saturated rings. The minimum absolute atomic E-state index is 0.140. The van der Waals surface area contributed by atoms with Crippen LogP contribution in [0.5, 0.6) is 0 Å². The standard InChI is InChI=1S/C13H15N3O3/c17-7-6-14-12(18)11-8-15-13(19)16(11)9-10-4-2-1-3-5-10/h1-5,8,17H,6-7,9H2,(H,14,18)(H,15,19). The molecule has 0 radical (unpaired) electrons. The van der Waals surface area contributed by atoms with Crippen LogP contribution in [0.1, 0.15) is 16.1 Å². The van der Waals surface area contributed by atoms with Gasteiger partial charge in [0.2, 0.25) is 0 Å². The summed E-state index contributed by atoms with van der Waals surface area (Å²) >= 11 is 0. The predicted octanol–water partition coefficient (Wildman–Crippen LogP) is -0.0532. The number of carbonyl (C=O) groups is 1. The van der Waals surface area contributed by atoms with Crippen molar-refractivity contribution < 1.29 is 9.90 Å². The second-order valence-corrected chi connectivity index (χ2v) is 4.03. The number of carbonyl (C=O) groups excluding carboxylic acids is 1. The first kappa shape index (κ1) is 13.1. The van der Waals surface area contributed by atoms with Gasteiger partial charge in [0.05, 0.1) is 13.2 Å². The molecule has 100 valence electrons. The number of imidazole rings is 1. The summed E-state index contributed by atoms with van der Waals surface area (Å²) in [7, 11) is 0. The smallest absolute Gasteiger partial charge is 0.326 e. The monoisotopic (exact) mass is 261 g/mol. The van der Waals surface area contributed by atoms with E-state index in [4.69, 9.17) is 5.11 Å². The van der Waals surface area contributed by atoms with Crippen molar-refractivity contribution >= 4 is 5.91 Å². The molecular formula is C13H15N3O3. The van der Waals surface area contributed by atoms with Crippen molar-refractivity contribution in [2.45, 2.75) is 6.54 Å². The molecule has 0 unspecified atom stereocenters. The van der Waals surface area contributed by atoms with E-state index in [0.717, 1.165) is 5.56 Å². The molecule has 0 saturated heterocycles. The van der Waals surface area contributed by atoms with Crippen LogP contribution in [0.4, 0.5) is 0 Å². The quantitative estimate of drug-likeness (QED) is 0.705. The molecule has 0 bridgehead atoms. The van der Waals surface area contributed by atoms with Crippen molar-refractivity contribution in [2.24, 2.45) is 0 Å². The van der Waals surface area contributed by atoms with Gasteiger partial charge < -0.3 is 15.4 Å². The molecule has 0 aliphatic heterocycles. The summed E-state index contributed by atoms with van der Waals surface area (Å²) in [6, 6.07) is 9.40. The molecule has 0 saturated carbocycles. The van der Waals surface area contributed by atoms with Crippen LogP contribution < -0.4 is 11.0 Å². The minimum Gasteiger partial charge on any atom is -0.395 e. The Labute approximate surface area is 109 Å². The maximum atomic E-state index is 11.8. The second kappa shape index (κ2) is 6.01. The molecule has 1 amide bonds. The molecular weight excluding hydrogens is 246 g/mol. The van der Waals surface area contributed by atoms with Gasteiger partial charge in [0.25, 0.3) is 5.91 Å². The molecule has 6 heteroatoms. The zero-order valence-electron chi connectivity index (χ0n) is 10.3. The average Bonchev–Trinajstić information content (AvgIpc) is 2.79. The fraction of sp³-hybridized carbons (Fsp3) is 0.231. The fourth-order valence-corrected chi connectivity index (χ4v) is 1.77. The van der Waals surface area contributed by atoms with Crippen molar-refractivity contribution in [3.63, 3.8) is 0 Å². The van der Waals surface area contributed by atoms with Crippen LogP contribution in [0.15, 0.2) is 41.3 Å². The number of aromatic nitrogens is 2. The van der Waals surface area contributed by atoms with Crippen molar-refractivity contribution in [3.05, 3.63) is 58.3 Å². The highest BCUT2D eigenvalue weighted by Crippen LogP contribution is 2.03. The summed E-state index contributed by atoms with van der Waals surface area (Å²) in [6.07, 6.45) is 1.37. The van der Waals surface area contributed by atoms with Crippen LogP contribution in [-0.2, 0) is 6.54 Å². The number of amides is 1. The number of aromatic amines is 1. The molecule has 0 aliphatic carbocycles. The molecule has 3 N–H and O–H groups in total. The number of hydrogen-bond donors (Lipinski definition) is 3. The van der Waals surface area contributed by atoms with E-state index in [1.807, 2.05) is 30.3 Å². The number of nitrogens with zero attached hydrogens (tertiary/aromatic N) is 1. The van der Waals surface area contributed by atoms with Gasteiger partial charge in [-0.2, -0.15) is 0 Å². The molecule has 0 spiro atoms. The van der Waals surface area contributed by atoms with Gasteiger partial charge in [-0.25, -0.2) is 4.79 Å². The lowest BCUT2D eigenvalue weighted by atomic mass is 10.2. The van der Waals surface area contributed by atoms with Gasteiger partial charge in [-0.3, -0.25) is 9.36 Å². The topological polar surface area (TPSA) is 87.1 Å². The molecule has 2 rings (SSSR count). The molecule has 0 aliphatic rings. The summed E-state index contributed by atoms with van der Waals surface area (Å²) in [5, 5.41) is 11.2. The first-order valence-electron chi connectivity index (χ1n) is 5.93. The third-order valence-electron chi connectivity index (χ3n) is 2.68. The number of nitrogens with one attached hydrogen (secondary N) is 2. The minimum atomic E-state index is -0.386. The van der Waals surface area contributed by atoms with E-state index in [1.165, 1.54) is 10.8 Å². The number of benzene rings is 1. The average molecular weight is 261 g/mol. The van der Waals surface area contributed by atoms with E-state index >= 15 is 0 Å². The third-order valence-corrected chi connectivity index (χ3v) is 2.68. The van der Waals surface area contributed by atoms with Crippen LogP contribution in [0, 0.1) is 0 Å². The SMILES string of the molecule is O=C(NCCO)c1c[nH]c(=O)n1Cc1ccccc1. The Kier molecular flexibility index (Phi) is 4.15. The predicted molar refractivity (Wildman–Crippen MR) is 70.0 cm³/mol. The molecule has 19 heavy (non-hydrogen) atoms. The first-order chi connectivity index (χ1) is 9.22. The summed E-state index contributed by atoms with van der Waals surface area (Å²) in [5.74, 6) is -0.386. The molecule has 1 heterocycles. The zero-order chi connectivity index (χ0) is 13.7. The molecule has 2 aromatic rings. The Hall–Kier alpha value is -2.34. The fourth-order valence-electron chi connectivity index (χ4n) is 1.77. The Morgan fingerprint density at radius 1 is 1.32 bits per heavy atom. The summed E-state index contributed by atoms with van der Waals surface area (Å²) in [5.41, 5.74) is 0.848. The van der Waals surface area contributed by atoms with Crippen LogP contribution in [0.25, 0.3) is 0 Å². The number of H-pyrrole nitrogens is 1. The summed E-state index contributed by atoms with van der Waals surface area (Å²) in [4.78, 5) is 26.0. The van der Waals surface area contributed by atoms with Gasteiger partial charge in [-0.1, -0.05) is 30.3 Å². The first-order valence-corrected chi connectivity index (χ1v) is 5.93. The van der Waals surface area contributed by atoms with Crippen LogP contribution >= 0.6 is 0 Å². The highest BCUT2D eigenvalue weighted by Gasteiger charge is 2.13. The van der Waals surface area contributed by atoms with E-state index in [-0.39, 0.29) is 30.4 Å². The van der Waals surface area contributed by atoms with Crippen molar-refractivity contribution in [2.75, 3.05) is 13.2 Å². The highest BCUT2D eigenvalue weighted by atomic mass is 16.3. The van der Waals surface area contributed by atoms with E-state index < -0.39 is 0 Å². The lowest BCUT2D eigenvalue weighted by molar-refractivity contribution is 0.0935. The van der Waals surface area contributed by atoms with E-state index in [2.05, 4.69) is 10.3 Å². The van der Waals surface area contributed by atoms with Crippen LogP contribution in [0.2, 0.25) is 0 Å². The lowest BCUT2D eigenvalue weighted by Gasteiger charge is -2.07. The Morgan fingerprint density at radius 3 is 2.74 bits per heavy atom. The summed E-state index contributed by atoms with van der Waals surface area (Å²) in [6.45, 7) is 0.341. The maximum absolute atomic E-state index is 11.8. The van der Waals surface area contributed by atoms with E-state index in [0.29, 0.717) is 6.54 Å². The van der Waals surface area contributed by atoms with E-state index in [1.54, 1.807) is 0 Å². The number of rotatable bonds is 5. The number of aliphatic hydroxyl groups excluding tert-OH is 1. The number of hydrogen-bond acceptors (Lipinski definition) is 3. The van der Waals surface area contributed by atoms with Crippen LogP contribution in [0.3, 0.4) is 0 Å². The maximum Gasteiger partial charge on any atom is 0.326 e. The molecule has 1 aromatic heterocycles. The highest BCUT2D eigenvalue weighted by molar-refractivity contribution is 5.92. The van der Waals surface area contributed by atoms with Crippen molar-refractivity contribution in [1.82, 2.24) is 14.9 Å². The Bertz CT molecular complexity index is 601. The largest absolute Gasteiger partial charge is 0.395 e. The van der Waals surface area contributed by atoms with Gasteiger partial charge in [0.15, 0.2) is 0 Å². The molecule has 6 nitrogen and oxygen atoms in total. The van der Waals surface area contributed by atoms with Gasteiger partial charge in [0.1, 0.15) is 5.69 Å². The van der Waals surface area contributed by atoms with Gasteiger partial charge in [-0.15, -0.1) is 0 Å². The summed E-state index contributed by atoms with van der Waals surface area (Å²) < 4.78 is 1.36. The van der Waals surface area contributed by atoms with Crippen molar-refractivity contribution in [1.29, 1.82) is 0 Å². The number of aliphatic hydroxyl groups is 1. The van der Waals surface area contributed by atoms with Gasteiger partial charge in [-0.05, 0) is 5.56 Å². The zero-order valence-corrected chi connectivity index (χ0v) is 10.3. The molecule has 1 aromatic carbocycles. The van der Waals surface area contributed by atoms with Crippen LogP contribution in [-0.4, -0.2) is 33.7 Å². The Morgan fingerprint density at radius 2 is 2.05 bits per heavy atom. The lowest BCUT2D eigenvalue weighted by Crippen LogP contribution is -2.30. The van der Waals surface area contributed by atoms with Gasteiger partial charge in [0, 0.05) is 12.7 Å².